The van der Waals surface area contributed by atoms with Gasteiger partial charge in [0.25, 0.3) is 6.08 Å². The quantitative estimate of drug-likeness (QED) is 0.571. The van der Waals surface area contributed by atoms with Crippen LogP contribution in [0.25, 0.3) is 0 Å². The number of aromatic nitrogens is 2. The predicted octanol–water partition coefficient (Wildman–Crippen LogP) is 2.90. The number of carbonyl (C=O) groups is 1. The molecule has 0 spiro atoms. The van der Waals surface area contributed by atoms with Crippen LogP contribution in [0.2, 0.25) is 0 Å². The van der Waals surface area contributed by atoms with E-state index in [0.717, 1.165) is 6.08 Å². The van der Waals surface area contributed by atoms with Crippen molar-refractivity contribution in [2.45, 2.75) is 32.4 Å². The Morgan fingerprint density at radius 3 is 2.94 bits per heavy atom. The summed E-state index contributed by atoms with van der Waals surface area (Å²) < 4.78 is 29.9. The normalized spacial score (nSPS) is 11.9. The molecule has 0 bridgehead atoms. The molecule has 1 rings (SSSR count). The van der Waals surface area contributed by atoms with E-state index in [1.807, 2.05) is 0 Å². The van der Waals surface area contributed by atoms with Crippen LogP contribution in [0.1, 0.15) is 32.4 Å². The van der Waals surface area contributed by atoms with E-state index in [1.54, 1.807) is 25.4 Å². The molecule has 4 nitrogen and oxygen atoms in total. The van der Waals surface area contributed by atoms with Crippen molar-refractivity contribution < 1.29 is 18.3 Å². The molecule has 0 aliphatic rings. The molecule has 94 valence electrons. The predicted molar refractivity (Wildman–Crippen MR) is 57.2 cm³/mol. The zero-order valence-electron chi connectivity index (χ0n) is 9.47. The molecule has 0 radical (unpaired) electrons. The van der Waals surface area contributed by atoms with Gasteiger partial charge in [-0.05, 0) is 31.9 Å². The van der Waals surface area contributed by atoms with Gasteiger partial charge in [0.1, 0.15) is 0 Å². The second-order valence-corrected chi connectivity index (χ2v) is 3.46. The van der Waals surface area contributed by atoms with Crippen molar-refractivity contribution in [3.8, 4) is 0 Å². The largest absolute Gasteiger partial charge is 0.440 e. The zero-order chi connectivity index (χ0) is 12.7. The van der Waals surface area contributed by atoms with Crippen LogP contribution >= 0.6 is 0 Å². The van der Waals surface area contributed by atoms with Crippen molar-refractivity contribution in [1.82, 2.24) is 9.78 Å². The number of hydrogen-bond donors (Lipinski definition) is 0. The van der Waals surface area contributed by atoms with Crippen LogP contribution in [0.3, 0.4) is 0 Å². The van der Waals surface area contributed by atoms with Gasteiger partial charge in [-0.15, -0.1) is 0 Å². The van der Waals surface area contributed by atoms with Gasteiger partial charge < -0.3 is 4.74 Å². The highest BCUT2D eigenvalue weighted by Gasteiger charge is 2.10. The van der Waals surface area contributed by atoms with Crippen LogP contribution in [0.5, 0.6) is 0 Å². The van der Waals surface area contributed by atoms with Crippen molar-refractivity contribution in [2.75, 3.05) is 0 Å². The van der Waals surface area contributed by atoms with Gasteiger partial charge in [-0.3, -0.25) is 4.79 Å². The van der Waals surface area contributed by atoms with Gasteiger partial charge >= 0.3 is 5.97 Å². The number of halogens is 2. The van der Waals surface area contributed by atoms with Gasteiger partial charge in [-0.1, -0.05) is 0 Å². The molecule has 1 heterocycles. The molecule has 0 saturated heterocycles. The van der Waals surface area contributed by atoms with Crippen molar-refractivity contribution in [3.63, 3.8) is 0 Å². The summed E-state index contributed by atoms with van der Waals surface area (Å²) in [6.07, 6.45) is 2.50. The van der Waals surface area contributed by atoms with Crippen LogP contribution in [0, 0.1) is 0 Å². The number of nitrogens with zero attached hydrogens (tertiary/aromatic N) is 2. The Hall–Kier alpha value is -1.72. The highest BCUT2D eigenvalue weighted by atomic mass is 19.3. The van der Waals surface area contributed by atoms with Gasteiger partial charge in [-0.2, -0.15) is 13.9 Å². The highest BCUT2D eigenvalue weighted by Crippen LogP contribution is 2.09. The van der Waals surface area contributed by atoms with Crippen LogP contribution in [0.15, 0.2) is 30.6 Å². The second-order valence-electron chi connectivity index (χ2n) is 3.46. The summed E-state index contributed by atoms with van der Waals surface area (Å²) in [4.78, 5) is 11.3. The molecule has 1 unspecified atom stereocenters. The molecule has 1 aromatic heterocycles. The third-order valence-electron chi connectivity index (χ3n) is 2.08. The fourth-order valence-electron chi connectivity index (χ4n) is 1.26. The van der Waals surface area contributed by atoms with Crippen molar-refractivity contribution in [3.05, 3.63) is 30.6 Å². The molecule has 0 aliphatic carbocycles. The molecule has 0 saturated carbocycles. The fraction of sp³-hybridized carbons (Fsp3) is 0.455. The Balaban J connectivity index is 2.23. The second kappa shape index (κ2) is 6.78. The van der Waals surface area contributed by atoms with E-state index < -0.39 is 18.3 Å². The topological polar surface area (TPSA) is 44.1 Å². The summed E-state index contributed by atoms with van der Waals surface area (Å²) >= 11 is 0. The molecule has 17 heavy (non-hydrogen) atoms. The summed E-state index contributed by atoms with van der Waals surface area (Å²) in [6, 6.07) is 1.72. The zero-order valence-corrected chi connectivity index (χ0v) is 9.47. The Labute approximate surface area is 97.9 Å². The number of esters is 1. The number of hydrogen-bond acceptors (Lipinski definition) is 3. The first-order chi connectivity index (χ1) is 8.09. The average Bonchev–Trinajstić information content (AvgIpc) is 2.77. The molecule has 1 aromatic rings. The number of allylic oxidation sites excluding steroid dienone is 1. The van der Waals surface area contributed by atoms with E-state index in [-0.39, 0.29) is 12.8 Å². The monoisotopic (exact) mass is 244 g/mol. The summed E-state index contributed by atoms with van der Waals surface area (Å²) in [5.41, 5.74) is 0. The molecule has 0 N–H and O–H groups in total. The van der Waals surface area contributed by atoms with Gasteiger partial charge in [0, 0.05) is 18.8 Å². The summed E-state index contributed by atoms with van der Waals surface area (Å²) in [5, 5.41) is 3.92. The Morgan fingerprint density at radius 1 is 1.59 bits per heavy atom. The lowest BCUT2D eigenvalue weighted by atomic mass is 10.2. The average molecular weight is 244 g/mol. The van der Waals surface area contributed by atoms with E-state index in [4.69, 9.17) is 4.74 Å². The lowest BCUT2D eigenvalue weighted by molar-refractivity contribution is -0.153. The van der Waals surface area contributed by atoms with Gasteiger partial charge in [0.2, 0.25) is 0 Å². The molecule has 0 fully saturated rings. The van der Waals surface area contributed by atoms with Crippen LogP contribution in [0.4, 0.5) is 8.78 Å². The van der Waals surface area contributed by atoms with E-state index in [9.17, 15) is 13.6 Å². The Kier molecular flexibility index (Phi) is 5.32. The molecular formula is C11H14F2N2O2. The first-order valence-corrected chi connectivity index (χ1v) is 5.29. The van der Waals surface area contributed by atoms with Gasteiger partial charge in [0.15, 0.2) is 6.23 Å². The summed E-state index contributed by atoms with van der Waals surface area (Å²) in [5.74, 6) is -0.416. The highest BCUT2D eigenvalue weighted by molar-refractivity contribution is 5.69. The number of carbonyl (C=O) groups excluding carboxylic acids is 1. The van der Waals surface area contributed by atoms with E-state index in [0.29, 0.717) is 6.42 Å². The molecule has 0 amide bonds. The van der Waals surface area contributed by atoms with Crippen LogP contribution < -0.4 is 0 Å². The molecule has 0 aliphatic heterocycles. The number of rotatable bonds is 6. The Bertz CT molecular complexity index is 373. The minimum atomic E-state index is -1.72. The molecular weight excluding hydrogens is 230 g/mol. The van der Waals surface area contributed by atoms with Crippen LogP contribution in [-0.2, 0) is 9.53 Å². The molecule has 0 aromatic carbocycles. The van der Waals surface area contributed by atoms with E-state index in [1.165, 1.54) is 4.68 Å². The van der Waals surface area contributed by atoms with Crippen molar-refractivity contribution in [1.29, 1.82) is 0 Å². The lowest BCUT2D eigenvalue weighted by Gasteiger charge is -2.13. The maximum atomic E-state index is 11.7. The molecule has 6 heteroatoms. The maximum Gasteiger partial charge on any atom is 0.307 e. The van der Waals surface area contributed by atoms with Gasteiger partial charge in [-0.25, -0.2) is 4.68 Å². The maximum absolute atomic E-state index is 11.7. The summed E-state index contributed by atoms with van der Waals surface area (Å²) in [6.45, 7) is 1.69. The third kappa shape index (κ3) is 5.24. The van der Waals surface area contributed by atoms with Crippen LogP contribution in [-0.4, -0.2) is 15.7 Å². The minimum Gasteiger partial charge on any atom is -0.440 e. The lowest BCUT2D eigenvalue weighted by Crippen LogP contribution is -2.14. The first kappa shape index (κ1) is 13.3. The first-order valence-electron chi connectivity index (χ1n) is 5.29. The molecule has 1 atom stereocenters. The third-order valence-corrected chi connectivity index (χ3v) is 2.08. The van der Waals surface area contributed by atoms with E-state index >= 15 is 0 Å². The summed E-state index contributed by atoms with van der Waals surface area (Å²) in [7, 11) is 0. The minimum absolute atomic E-state index is 0.120. The van der Waals surface area contributed by atoms with Gasteiger partial charge in [0.05, 0.1) is 0 Å². The number of unbranched alkanes of at least 4 members (excludes halogenated alkanes) is 1. The van der Waals surface area contributed by atoms with Crippen molar-refractivity contribution in [2.24, 2.45) is 0 Å². The SMILES string of the molecule is CC(OC(=O)CCCC=C(F)F)n1cccn1. The smallest absolute Gasteiger partial charge is 0.307 e. The number of ether oxygens (including phenoxy) is 1. The fourth-order valence-corrected chi connectivity index (χ4v) is 1.26. The van der Waals surface area contributed by atoms with Crippen molar-refractivity contribution >= 4 is 5.97 Å². The van der Waals surface area contributed by atoms with E-state index in [2.05, 4.69) is 5.10 Å². The Morgan fingerprint density at radius 2 is 2.35 bits per heavy atom. The standard InChI is InChI=1S/C11H14F2N2O2/c1-9(15-8-4-7-14-15)17-11(16)6-3-2-5-10(12)13/h4-5,7-9H,2-3,6H2,1H3.